The van der Waals surface area contributed by atoms with Gasteiger partial charge in [0.05, 0.1) is 0 Å². The van der Waals surface area contributed by atoms with E-state index >= 15 is 0 Å². The van der Waals surface area contributed by atoms with Gasteiger partial charge in [-0.3, -0.25) is 4.90 Å². The monoisotopic (exact) mass is 291 g/mol. The molecule has 1 N–H and O–H groups in total. The Hall–Kier alpha value is -0.120. The minimum absolute atomic E-state index is 0.470. The zero-order valence-electron chi connectivity index (χ0n) is 13.8. The standard InChI is InChI=1S/C18H33N3/c1-15-13-19-18(8-3-2-4-9-18)14-21(15)17-7-11-20-10-5-6-16(20)12-17/h15-17,19H,2-14H2,1H3. The Bertz CT molecular complexity index is 363. The predicted octanol–water partition coefficient (Wildman–Crippen LogP) is 2.61. The van der Waals surface area contributed by atoms with E-state index in [0.717, 1.165) is 18.1 Å². The highest BCUT2D eigenvalue weighted by atomic mass is 15.3. The molecule has 4 rings (SSSR count). The van der Waals surface area contributed by atoms with Crippen LogP contribution in [-0.2, 0) is 0 Å². The first kappa shape index (κ1) is 14.5. The van der Waals surface area contributed by atoms with Crippen molar-refractivity contribution >= 4 is 0 Å². The van der Waals surface area contributed by atoms with Gasteiger partial charge in [-0.05, 0) is 58.5 Å². The van der Waals surface area contributed by atoms with Crippen molar-refractivity contribution in [2.24, 2.45) is 0 Å². The van der Waals surface area contributed by atoms with Crippen LogP contribution in [-0.4, -0.2) is 59.6 Å². The van der Waals surface area contributed by atoms with E-state index in [0.29, 0.717) is 5.54 Å². The fourth-order valence-corrected chi connectivity index (χ4v) is 5.60. The van der Waals surface area contributed by atoms with E-state index in [1.807, 2.05) is 0 Å². The summed E-state index contributed by atoms with van der Waals surface area (Å²) in [5.74, 6) is 0. The van der Waals surface area contributed by atoms with Crippen LogP contribution >= 0.6 is 0 Å². The fourth-order valence-electron chi connectivity index (χ4n) is 5.60. The summed E-state index contributed by atoms with van der Waals surface area (Å²) in [6.45, 7) is 7.72. The van der Waals surface area contributed by atoms with Gasteiger partial charge in [0.15, 0.2) is 0 Å². The summed E-state index contributed by atoms with van der Waals surface area (Å²) in [4.78, 5) is 5.68. The second-order valence-electron chi connectivity index (χ2n) is 8.25. The molecular weight excluding hydrogens is 258 g/mol. The van der Waals surface area contributed by atoms with Gasteiger partial charge in [-0.25, -0.2) is 0 Å². The summed E-state index contributed by atoms with van der Waals surface area (Å²) < 4.78 is 0. The van der Waals surface area contributed by atoms with Gasteiger partial charge in [0.25, 0.3) is 0 Å². The highest BCUT2D eigenvalue weighted by Crippen LogP contribution is 2.36. The molecule has 0 amide bonds. The highest BCUT2D eigenvalue weighted by molar-refractivity contribution is 5.02. The lowest BCUT2D eigenvalue weighted by Crippen LogP contribution is -2.67. The molecule has 3 aliphatic heterocycles. The van der Waals surface area contributed by atoms with Gasteiger partial charge in [-0.2, -0.15) is 0 Å². The fraction of sp³-hybridized carbons (Fsp3) is 1.00. The average molecular weight is 291 g/mol. The molecule has 3 heteroatoms. The van der Waals surface area contributed by atoms with Crippen LogP contribution in [0, 0.1) is 0 Å². The van der Waals surface area contributed by atoms with Crippen molar-refractivity contribution in [3.63, 3.8) is 0 Å². The number of nitrogens with one attached hydrogen (secondary N) is 1. The third kappa shape index (κ3) is 2.77. The molecule has 0 aromatic heterocycles. The zero-order valence-corrected chi connectivity index (χ0v) is 13.8. The minimum Gasteiger partial charge on any atom is -0.308 e. The molecule has 3 unspecified atom stereocenters. The van der Waals surface area contributed by atoms with Crippen molar-refractivity contribution in [1.82, 2.24) is 15.1 Å². The summed E-state index contributed by atoms with van der Waals surface area (Å²) in [5, 5.41) is 3.95. The van der Waals surface area contributed by atoms with E-state index < -0.39 is 0 Å². The van der Waals surface area contributed by atoms with Crippen LogP contribution < -0.4 is 5.32 Å². The van der Waals surface area contributed by atoms with Crippen LogP contribution in [0.3, 0.4) is 0 Å². The summed E-state index contributed by atoms with van der Waals surface area (Å²) in [5.41, 5.74) is 0.470. The lowest BCUT2D eigenvalue weighted by atomic mass is 9.78. The van der Waals surface area contributed by atoms with Gasteiger partial charge in [0.1, 0.15) is 0 Å². The van der Waals surface area contributed by atoms with Crippen LogP contribution in [0.2, 0.25) is 0 Å². The SMILES string of the molecule is CC1CNC2(CCCCC2)CN1C1CCN2CCCC2C1. The van der Waals surface area contributed by atoms with Gasteiger partial charge in [-0.1, -0.05) is 19.3 Å². The molecule has 3 atom stereocenters. The van der Waals surface area contributed by atoms with Gasteiger partial charge >= 0.3 is 0 Å². The number of nitrogens with zero attached hydrogens (tertiary/aromatic N) is 2. The second-order valence-corrected chi connectivity index (χ2v) is 8.25. The lowest BCUT2D eigenvalue weighted by molar-refractivity contribution is 0.000116. The molecule has 0 aromatic carbocycles. The summed E-state index contributed by atoms with van der Waals surface area (Å²) in [6, 6.07) is 2.50. The molecule has 0 aromatic rings. The topological polar surface area (TPSA) is 18.5 Å². The summed E-state index contributed by atoms with van der Waals surface area (Å²) >= 11 is 0. The maximum atomic E-state index is 3.95. The predicted molar refractivity (Wildman–Crippen MR) is 87.6 cm³/mol. The van der Waals surface area contributed by atoms with E-state index in [1.165, 1.54) is 84.0 Å². The van der Waals surface area contributed by atoms with E-state index in [9.17, 15) is 0 Å². The van der Waals surface area contributed by atoms with Crippen molar-refractivity contribution < 1.29 is 0 Å². The van der Waals surface area contributed by atoms with E-state index in [-0.39, 0.29) is 0 Å². The maximum Gasteiger partial charge on any atom is 0.0309 e. The molecule has 0 bridgehead atoms. The Labute approximate surface area is 130 Å². The smallest absolute Gasteiger partial charge is 0.0309 e. The Morgan fingerprint density at radius 2 is 1.81 bits per heavy atom. The van der Waals surface area contributed by atoms with Crippen LogP contribution in [0.5, 0.6) is 0 Å². The third-order valence-electron chi connectivity index (χ3n) is 6.90. The molecule has 21 heavy (non-hydrogen) atoms. The normalized spacial score (nSPS) is 41.3. The number of rotatable bonds is 1. The first-order valence-electron chi connectivity index (χ1n) is 9.51. The molecule has 4 aliphatic rings. The quantitative estimate of drug-likeness (QED) is 0.801. The van der Waals surface area contributed by atoms with Crippen molar-refractivity contribution in [3.8, 4) is 0 Å². The number of piperidine rings is 1. The van der Waals surface area contributed by atoms with Gasteiger partial charge in [-0.15, -0.1) is 0 Å². The van der Waals surface area contributed by atoms with Crippen molar-refractivity contribution in [3.05, 3.63) is 0 Å². The first-order valence-corrected chi connectivity index (χ1v) is 9.51. The molecule has 120 valence electrons. The third-order valence-corrected chi connectivity index (χ3v) is 6.90. The van der Waals surface area contributed by atoms with Crippen molar-refractivity contribution in [1.29, 1.82) is 0 Å². The highest BCUT2D eigenvalue weighted by Gasteiger charge is 2.43. The Balaban J connectivity index is 1.45. The first-order chi connectivity index (χ1) is 10.3. The Morgan fingerprint density at radius 1 is 0.952 bits per heavy atom. The molecule has 1 aliphatic carbocycles. The average Bonchev–Trinajstić information content (AvgIpc) is 2.98. The summed E-state index contributed by atoms with van der Waals surface area (Å²) in [7, 11) is 0. The van der Waals surface area contributed by atoms with Gasteiger partial charge in [0.2, 0.25) is 0 Å². The number of hydrogen-bond acceptors (Lipinski definition) is 3. The van der Waals surface area contributed by atoms with Crippen molar-refractivity contribution in [2.75, 3.05) is 26.2 Å². The molecule has 1 saturated carbocycles. The van der Waals surface area contributed by atoms with Crippen LogP contribution in [0.15, 0.2) is 0 Å². The van der Waals surface area contributed by atoms with E-state index in [4.69, 9.17) is 0 Å². The summed E-state index contributed by atoms with van der Waals surface area (Å²) in [6.07, 6.45) is 12.9. The van der Waals surface area contributed by atoms with Crippen LogP contribution in [0.1, 0.15) is 64.7 Å². The molecule has 0 radical (unpaired) electrons. The van der Waals surface area contributed by atoms with Gasteiger partial charge in [0, 0.05) is 36.8 Å². The molecule has 1 spiro atoms. The van der Waals surface area contributed by atoms with E-state index in [1.54, 1.807) is 0 Å². The molecule has 3 nitrogen and oxygen atoms in total. The molecule has 4 fully saturated rings. The molecule has 3 saturated heterocycles. The number of hydrogen-bond donors (Lipinski definition) is 1. The van der Waals surface area contributed by atoms with Gasteiger partial charge < -0.3 is 10.2 Å². The van der Waals surface area contributed by atoms with Crippen LogP contribution in [0.25, 0.3) is 0 Å². The largest absolute Gasteiger partial charge is 0.308 e. The zero-order chi connectivity index (χ0) is 14.3. The van der Waals surface area contributed by atoms with Crippen molar-refractivity contribution in [2.45, 2.75) is 88.4 Å². The second kappa shape index (κ2) is 5.82. The minimum atomic E-state index is 0.470. The van der Waals surface area contributed by atoms with Crippen LogP contribution in [0.4, 0.5) is 0 Å². The number of piperazine rings is 1. The molecular formula is C18H33N3. The van der Waals surface area contributed by atoms with E-state index in [2.05, 4.69) is 22.0 Å². The molecule has 3 heterocycles. The number of fused-ring (bicyclic) bond motifs is 1. The Morgan fingerprint density at radius 3 is 2.67 bits per heavy atom. The maximum absolute atomic E-state index is 3.95. The Kier molecular flexibility index (Phi) is 4.01. The lowest BCUT2D eigenvalue weighted by Gasteiger charge is -2.53.